The molecule has 0 bridgehead atoms. The fourth-order valence-electron chi connectivity index (χ4n) is 2.90. The van der Waals surface area contributed by atoms with E-state index in [0.717, 1.165) is 16.2 Å². The molecule has 0 spiro atoms. The molecule has 0 radical (unpaired) electrons. The zero-order valence-electron chi connectivity index (χ0n) is 20.5. The van der Waals surface area contributed by atoms with Gasteiger partial charge in [0.15, 0.2) is 35.3 Å². The second kappa shape index (κ2) is 12.6. The van der Waals surface area contributed by atoms with Gasteiger partial charge >= 0.3 is 0 Å². The Morgan fingerprint density at radius 2 is 1.39 bits per heavy atom. The van der Waals surface area contributed by atoms with E-state index in [2.05, 4.69) is 45.6 Å². The van der Waals surface area contributed by atoms with Gasteiger partial charge in [0.05, 0.1) is 27.7 Å². The average molecular weight is 579 g/mol. The number of nitriles is 1. The van der Waals surface area contributed by atoms with Gasteiger partial charge in [0, 0.05) is 34.9 Å². The first kappa shape index (κ1) is 30.4. The Morgan fingerprint density at radius 3 is 1.87 bits per heavy atom. The van der Waals surface area contributed by atoms with Gasteiger partial charge in [0.1, 0.15) is 17.6 Å². The lowest BCUT2D eigenvalue weighted by Gasteiger charge is -2.15. The van der Waals surface area contributed by atoms with E-state index in [9.17, 15) is 30.5 Å². The van der Waals surface area contributed by atoms with Crippen LogP contribution in [0.25, 0.3) is 0 Å². The molecule has 15 heteroatoms. The summed E-state index contributed by atoms with van der Waals surface area (Å²) in [6, 6.07) is 7.52. The van der Waals surface area contributed by atoms with Crippen LogP contribution in [0.3, 0.4) is 0 Å². The van der Waals surface area contributed by atoms with Crippen LogP contribution in [0.2, 0.25) is 0 Å². The van der Waals surface area contributed by atoms with Gasteiger partial charge in [-0.1, -0.05) is 19.7 Å². The Balaban J connectivity index is 2.49. The topological polar surface area (TPSA) is 188 Å². The number of hydrogen-bond donors (Lipinski definition) is 2. The van der Waals surface area contributed by atoms with Gasteiger partial charge in [0.25, 0.3) is 0 Å². The largest absolute Gasteiger partial charge is 0.368 e. The van der Waals surface area contributed by atoms with Crippen LogP contribution in [-0.4, -0.2) is 54.8 Å². The van der Waals surface area contributed by atoms with E-state index in [1.54, 1.807) is 6.92 Å². The summed E-state index contributed by atoms with van der Waals surface area (Å²) in [4.78, 5) is 4.36. The first-order valence-electron chi connectivity index (χ1n) is 10.8. The van der Waals surface area contributed by atoms with E-state index in [1.165, 1.54) is 24.3 Å². The van der Waals surface area contributed by atoms with E-state index in [1.807, 2.05) is 6.07 Å². The molecule has 1 heterocycles. The van der Waals surface area contributed by atoms with Crippen LogP contribution in [0.1, 0.15) is 11.1 Å². The summed E-state index contributed by atoms with van der Waals surface area (Å²) in [6.45, 7) is 11.2. The summed E-state index contributed by atoms with van der Waals surface area (Å²) in [6.07, 6.45) is 0. The first-order chi connectivity index (χ1) is 17.8. The number of pyridine rings is 1. The Kier molecular flexibility index (Phi) is 10.1. The number of hydrogen-bond acceptors (Lipinski definition) is 12. The number of anilines is 2. The standard InChI is InChI=1S/C23H26N6O6S3/c1-5-36(30,31)14-12-25-22-20(16-24)17(4)21(23(27-22)26-13-15-37(32,33)6-2)29-28-18-8-10-19(11-9-18)38(34,35)7-3/h5-11H,1-3,12-15H2,4H3,(H2,25,26,27)/b29-28+. The third-order valence-corrected chi connectivity index (χ3v) is 8.97. The number of rotatable bonds is 14. The molecule has 12 nitrogen and oxygen atoms in total. The van der Waals surface area contributed by atoms with Crippen molar-refractivity contribution >= 4 is 52.5 Å². The number of benzene rings is 1. The van der Waals surface area contributed by atoms with Gasteiger partial charge in [-0.15, -0.1) is 5.11 Å². The fourth-order valence-corrected chi connectivity index (χ4v) is 4.72. The van der Waals surface area contributed by atoms with Gasteiger partial charge in [-0.3, -0.25) is 0 Å². The second-order valence-corrected chi connectivity index (χ2v) is 13.6. The van der Waals surface area contributed by atoms with Crippen molar-refractivity contribution in [3.05, 3.63) is 71.4 Å². The molecule has 0 fully saturated rings. The molecule has 0 unspecified atom stereocenters. The molecule has 2 N–H and O–H groups in total. The molecule has 0 aliphatic carbocycles. The van der Waals surface area contributed by atoms with Crippen LogP contribution in [0.5, 0.6) is 0 Å². The summed E-state index contributed by atoms with van der Waals surface area (Å²) >= 11 is 0. The Bertz CT molecular complexity index is 1620. The Morgan fingerprint density at radius 1 is 0.868 bits per heavy atom. The van der Waals surface area contributed by atoms with E-state index in [-0.39, 0.29) is 52.4 Å². The summed E-state index contributed by atoms with van der Waals surface area (Å²) in [5.74, 6) is -0.435. The van der Waals surface area contributed by atoms with E-state index in [4.69, 9.17) is 0 Å². The predicted octanol–water partition coefficient (Wildman–Crippen LogP) is 3.53. The normalized spacial score (nSPS) is 12.0. The minimum absolute atomic E-state index is 0.0238. The third kappa shape index (κ3) is 8.07. The van der Waals surface area contributed by atoms with Crippen molar-refractivity contribution in [1.82, 2.24) is 4.98 Å². The zero-order chi connectivity index (χ0) is 28.6. The van der Waals surface area contributed by atoms with Crippen LogP contribution in [0, 0.1) is 18.3 Å². The molecular weight excluding hydrogens is 552 g/mol. The highest BCUT2D eigenvalue weighted by Crippen LogP contribution is 2.35. The molecule has 0 aliphatic heterocycles. The van der Waals surface area contributed by atoms with Crippen molar-refractivity contribution in [3.63, 3.8) is 0 Å². The van der Waals surface area contributed by atoms with Crippen LogP contribution in [-0.2, 0) is 29.5 Å². The molecule has 2 rings (SSSR count). The van der Waals surface area contributed by atoms with E-state index < -0.39 is 29.5 Å². The maximum absolute atomic E-state index is 11.9. The van der Waals surface area contributed by atoms with E-state index in [0.29, 0.717) is 11.3 Å². The number of nitrogens with zero attached hydrogens (tertiary/aromatic N) is 4. The summed E-state index contributed by atoms with van der Waals surface area (Å²) in [7, 11) is -10.6. The Labute approximate surface area is 222 Å². The van der Waals surface area contributed by atoms with Gasteiger partial charge in [-0.05, 0) is 31.2 Å². The van der Waals surface area contributed by atoms with Gasteiger partial charge in [-0.25, -0.2) is 30.2 Å². The van der Waals surface area contributed by atoms with E-state index >= 15 is 0 Å². The maximum Gasteiger partial charge on any atom is 0.199 e. The molecule has 0 aliphatic rings. The SMILES string of the molecule is C=CS(=O)(=O)CCNc1nc(NCCS(=O)(=O)C=C)c(/N=N/c2ccc(S(=O)(=O)C=C)cc2)c(C)c1C#N. The predicted molar refractivity (Wildman–Crippen MR) is 147 cm³/mol. The summed E-state index contributed by atoms with van der Waals surface area (Å²) < 4.78 is 70.9. The molecular formula is C23H26N6O6S3. The maximum atomic E-state index is 11.9. The van der Waals surface area contributed by atoms with Crippen molar-refractivity contribution in [2.75, 3.05) is 35.2 Å². The lowest BCUT2D eigenvalue weighted by Crippen LogP contribution is -2.17. The second-order valence-electron chi connectivity index (χ2n) is 7.60. The molecule has 0 saturated carbocycles. The quantitative estimate of drug-likeness (QED) is 0.314. The zero-order valence-corrected chi connectivity index (χ0v) is 22.9. The van der Waals surface area contributed by atoms with Crippen molar-refractivity contribution in [2.24, 2.45) is 10.2 Å². The first-order valence-corrected chi connectivity index (χ1v) is 15.8. The highest BCUT2D eigenvalue weighted by molar-refractivity contribution is 7.94. The fraction of sp³-hybridized carbons (Fsp3) is 0.217. The number of aromatic nitrogens is 1. The lowest BCUT2D eigenvalue weighted by molar-refractivity contribution is 0.603. The van der Waals surface area contributed by atoms with Crippen LogP contribution in [0.4, 0.5) is 23.0 Å². The molecule has 0 saturated heterocycles. The van der Waals surface area contributed by atoms with Gasteiger partial charge in [-0.2, -0.15) is 10.4 Å². The monoisotopic (exact) mass is 578 g/mol. The van der Waals surface area contributed by atoms with Gasteiger partial charge < -0.3 is 10.6 Å². The van der Waals surface area contributed by atoms with Crippen molar-refractivity contribution < 1.29 is 25.3 Å². The smallest absolute Gasteiger partial charge is 0.199 e. The van der Waals surface area contributed by atoms with Crippen molar-refractivity contribution in [1.29, 1.82) is 5.26 Å². The average Bonchev–Trinajstić information content (AvgIpc) is 2.88. The molecule has 2 aromatic rings. The molecule has 202 valence electrons. The Hall–Kier alpha value is -3.87. The number of nitrogens with one attached hydrogen (secondary N) is 2. The highest BCUT2D eigenvalue weighted by atomic mass is 32.2. The van der Waals surface area contributed by atoms with Crippen molar-refractivity contribution in [3.8, 4) is 6.07 Å². The molecule has 0 atom stereocenters. The van der Waals surface area contributed by atoms with Crippen LogP contribution in [0.15, 0.2) is 75.4 Å². The third-order valence-electron chi connectivity index (χ3n) is 5.04. The summed E-state index contributed by atoms with van der Waals surface area (Å²) in [5, 5.41) is 26.2. The molecule has 0 amide bonds. The molecule has 1 aromatic carbocycles. The minimum atomic E-state index is -3.62. The van der Waals surface area contributed by atoms with Crippen LogP contribution < -0.4 is 10.6 Å². The number of azo groups is 1. The van der Waals surface area contributed by atoms with Crippen molar-refractivity contribution in [2.45, 2.75) is 11.8 Å². The van der Waals surface area contributed by atoms with Gasteiger partial charge in [0.2, 0.25) is 0 Å². The lowest BCUT2D eigenvalue weighted by atomic mass is 10.1. The molecule has 1 aromatic heterocycles. The number of sulfone groups is 3. The molecule has 38 heavy (non-hydrogen) atoms. The highest BCUT2D eigenvalue weighted by Gasteiger charge is 2.19. The van der Waals surface area contributed by atoms with Crippen LogP contribution >= 0.6 is 0 Å². The minimum Gasteiger partial charge on any atom is -0.368 e. The summed E-state index contributed by atoms with van der Waals surface area (Å²) in [5.41, 5.74) is 0.833.